The molecule has 1 fully saturated rings. The summed E-state index contributed by atoms with van der Waals surface area (Å²) in [6.45, 7) is 3.53. The number of amides is 1. The summed E-state index contributed by atoms with van der Waals surface area (Å²) in [5, 5.41) is 10.2. The predicted molar refractivity (Wildman–Crippen MR) is 72.3 cm³/mol. The summed E-state index contributed by atoms with van der Waals surface area (Å²) in [5.74, 6) is 0.205. The van der Waals surface area contributed by atoms with Crippen molar-refractivity contribution in [2.75, 3.05) is 25.1 Å². The minimum Gasteiger partial charge on any atom is -0.508 e. The number of aromatic hydroxyl groups is 1. The smallest absolute Gasteiger partial charge is 0.254 e. The fourth-order valence-corrected chi connectivity index (χ4v) is 2.54. The number of rotatable bonds is 2. The third-order valence-corrected chi connectivity index (χ3v) is 3.86. The monoisotopic (exact) mass is 313 g/mol. The molecule has 98 valence electrons. The molecule has 1 aromatic rings. The van der Waals surface area contributed by atoms with Gasteiger partial charge in [-0.15, -0.1) is 0 Å². The van der Waals surface area contributed by atoms with Crippen LogP contribution in [0.4, 0.5) is 0 Å². The van der Waals surface area contributed by atoms with Crippen LogP contribution in [0.25, 0.3) is 0 Å². The van der Waals surface area contributed by atoms with Gasteiger partial charge in [-0.2, -0.15) is 0 Å². The maximum atomic E-state index is 12.4. The lowest BCUT2D eigenvalue weighted by atomic mass is 10.1. The lowest BCUT2D eigenvalue weighted by Crippen LogP contribution is -2.49. The Balaban J connectivity index is 2.21. The van der Waals surface area contributed by atoms with Crippen LogP contribution in [-0.2, 0) is 4.74 Å². The maximum absolute atomic E-state index is 12.4. The van der Waals surface area contributed by atoms with Crippen LogP contribution >= 0.6 is 15.9 Å². The second-order valence-corrected chi connectivity index (χ2v) is 5.03. The lowest BCUT2D eigenvalue weighted by Gasteiger charge is -2.34. The van der Waals surface area contributed by atoms with Gasteiger partial charge in [0.15, 0.2) is 0 Å². The van der Waals surface area contributed by atoms with E-state index in [9.17, 15) is 9.90 Å². The molecule has 18 heavy (non-hydrogen) atoms. The molecule has 0 aliphatic carbocycles. The molecule has 0 bridgehead atoms. The zero-order valence-electron chi connectivity index (χ0n) is 10.2. The molecule has 4 nitrogen and oxygen atoms in total. The summed E-state index contributed by atoms with van der Waals surface area (Å²) in [7, 11) is 0. The van der Waals surface area contributed by atoms with Crippen molar-refractivity contribution in [3.8, 4) is 5.75 Å². The Hall–Kier alpha value is -1.07. The standard InChI is InChI=1S/C13H16BrNO3/c1-9-6-10(2-3-12(9)16)13(17)15-4-5-18-8-11(15)7-14/h2-3,6,11,16H,4-5,7-8H2,1H3. The Kier molecular flexibility index (Phi) is 4.24. The number of nitrogens with zero attached hydrogens (tertiary/aromatic N) is 1. The van der Waals surface area contributed by atoms with Crippen LogP contribution in [0, 0.1) is 6.92 Å². The Morgan fingerprint density at radius 3 is 3.06 bits per heavy atom. The van der Waals surface area contributed by atoms with Crippen molar-refractivity contribution in [1.82, 2.24) is 4.90 Å². The van der Waals surface area contributed by atoms with Gasteiger partial charge in [-0.3, -0.25) is 4.79 Å². The van der Waals surface area contributed by atoms with Gasteiger partial charge < -0.3 is 14.7 Å². The molecule has 0 saturated carbocycles. The Bertz CT molecular complexity index is 450. The molecule has 1 amide bonds. The largest absolute Gasteiger partial charge is 0.508 e. The number of benzene rings is 1. The van der Waals surface area contributed by atoms with Crippen molar-refractivity contribution >= 4 is 21.8 Å². The summed E-state index contributed by atoms with van der Waals surface area (Å²) >= 11 is 3.40. The van der Waals surface area contributed by atoms with E-state index < -0.39 is 0 Å². The van der Waals surface area contributed by atoms with Crippen LogP contribution in [0.5, 0.6) is 5.75 Å². The Morgan fingerprint density at radius 2 is 2.39 bits per heavy atom. The third kappa shape index (κ3) is 2.67. The van der Waals surface area contributed by atoms with Gasteiger partial charge in [-0.05, 0) is 30.7 Å². The zero-order valence-corrected chi connectivity index (χ0v) is 11.8. The second-order valence-electron chi connectivity index (χ2n) is 4.38. The van der Waals surface area contributed by atoms with E-state index in [0.29, 0.717) is 36.2 Å². The molecule has 2 rings (SSSR count). The van der Waals surface area contributed by atoms with E-state index in [4.69, 9.17) is 4.74 Å². The minimum atomic E-state index is -0.00847. The van der Waals surface area contributed by atoms with E-state index in [1.54, 1.807) is 25.1 Å². The fraction of sp³-hybridized carbons (Fsp3) is 0.462. The second kappa shape index (κ2) is 5.71. The molecule has 0 aromatic heterocycles. The van der Waals surface area contributed by atoms with E-state index >= 15 is 0 Å². The first kappa shape index (κ1) is 13.4. The van der Waals surface area contributed by atoms with Crippen LogP contribution in [0.3, 0.4) is 0 Å². The molecule has 1 N–H and O–H groups in total. The van der Waals surface area contributed by atoms with Gasteiger partial charge in [-0.25, -0.2) is 0 Å². The van der Waals surface area contributed by atoms with Gasteiger partial charge in [0, 0.05) is 17.4 Å². The van der Waals surface area contributed by atoms with Gasteiger partial charge in [0.2, 0.25) is 0 Å². The number of phenols is 1. The highest BCUT2D eigenvalue weighted by Gasteiger charge is 2.27. The lowest BCUT2D eigenvalue weighted by molar-refractivity contribution is 0.00524. The molecule has 1 aromatic carbocycles. The van der Waals surface area contributed by atoms with Gasteiger partial charge >= 0.3 is 0 Å². The Morgan fingerprint density at radius 1 is 1.61 bits per heavy atom. The molecule has 0 radical (unpaired) electrons. The van der Waals surface area contributed by atoms with Crippen LogP contribution in [-0.4, -0.2) is 47.0 Å². The highest BCUT2D eigenvalue weighted by Crippen LogP contribution is 2.20. The van der Waals surface area contributed by atoms with E-state index in [-0.39, 0.29) is 17.7 Å². The normalized spacial score (nSPS) is 19.9. The van der Waals surface area contributed by atoms with E-state index in [0.717, 1.165) is 0 Å². The first-order valence-corrected chi connectivity index (χ1v) is 7.00. The number of alkyl halides is 1. The molecular formula is C13H16BrNO3. The van der Waals surface area contributed by atoms with Crippen molar-refractivity contribution in [3.05, 3.63) is 29.3 Å². The van der Waals surface area contributed by atoms with Crippen molar-refractivity contribution < 1.29 is 14.6 Å². The summed E-state index contributed by atoms with van der Waals surface area (Å²) in [6, 6.07) is 5.01. The van der Waals surface area contributed by atoms with Crippen molar-refractivity contribution in [1.29, 1.82) is 0 Å². The number of aryl methyl sites for hydroxylation is 1. The topological polar surface area (TPSA) is 49.8 Å². The summed E-state index contributed by atoms with van der Waals surface area (Å²) in [6.07, 6.45) is 0. The van der Waals surface area contributed by atoms with Crippen LogP contribution < -0.4 is 0 Å². The molecule has 5 heteroatoms. The number of hydrogen-bond donors (Lipinski definition) is 1. The minimum absolute atomic E-state index is 0.00847. The van der Waals surface area contributed by atoms with Crippen LogP contribution in [0.2, 0.25) is 0 Å². The van der Waals surface area contributed by atoms with Gasteiger partial charge in [0.05, 0.1) is 19.3 Å². The molecular weight excluding hydrogens is 298 g/mol. The number of ether oxygens (including phenoxy) is 1. The summed E-state index contributed by atoms with van der Waals surface area (Å²) in [4.78, 5) is 14.2. The number of morpholine rings is 1. The van der Waals surface area contributed by atoms with Crippen molar-refractivity contribution in [2.24, 2.45) is 0 Å². The summed E-state index contributed by atoms with van der Waals surface area (Å²) in [5.41, 5.74) is 1.32. The fourth-order valence-electron chi connectivity index (χ4n) is 2.00. The van der Waals surface area contributed by atoms with Crippen LogP contribution in [0.15, 0.2) is 18.2 Å². The van der Waals surface area contributed by atoms with E-state index in [1.165, 1.54) is 0 Å². The van der Waals surface area contributed by atoms with Gasteiger partial charge in [0.1, 0.15) is 5.75 Å². The highest BCUT2D eigenvalue weighted by molar-refractivity contribution is 9.09. The molecule has 1 aliphatic rings. The molecule has 1 atom stereocenters. The number of phenolic OH excluding ortho intramolecular Hbond substituents is 1. The SMILES string of the molecule is Cc1cc(C(=O)N2CCOCC2CBr)ccc1O. The average Bonchev–Trinajstić information content (AvgIpc) is 2.41. The predicted octanol–water partition coefficient (Wildman–Crippen LogP) is 1.94. The average molecular weight is 314 g/mol. The number of carbonyl (C=O) groups is 1. The quantitative estimate of drug-likeness (QED) is 0.849. The Labute approximate surface area is 115 Å². The number of carbonyl (C=O) groups excluding carboxylic acids is 1. The first-order valence-electron chi connectivity index (χ1n) is 5.87. The van der Waals surface area contributed by atoms with Gasteiger partial charge in [0.25, 0.3) is 5.91 Å². The van der Waals surface area contributed by atoms with E-state index in [1.807, 2.05) is 4.90 Å². The van der Waals surface area contributed by atoms with Crippen molar-refractivity contribution in [2.45, 2.75) is 13.0 Å². The number of halogens is 1. The van der Waals surface area contributed by atoms with Gasteiger partial charge in [-0.1, -0.05) is 15.9 Å². The number of hydrogen-bond acceptors (Lipinski definition) is 3. The first-order chi connectivity index (χ1) is 8.63. The summed E-state index contributed by atoms with van der Waals surface area (Å²) < 4.78 is 5.37. The molecule has 1 heterocycles. The maximum Gasteiger partial charge on any atom is 0.254 e. The zero-order chi connectivity index (χ0) is 13.1. The molecule has 1 unspecified atom stereocenters. The third-order valence-electron chi connectivity index (χ3n) is 3.11. The molecule has 1 saturated heterocycles. The van der Waals surface area contributed by atoms with E-state index in [2.05, 4.69) is 15.9 Å². The highest BCUT2D eigenvalue weighted by atomic mass is 79.9. The molecule has 0 spiro atoms. The van der Waals surface area contributed by atoms with Crippen molar-refractivity contribution in [3.63, 3.8) is 0 Å². The molecule has 1 aliphatic heterocycles. The van der Waals surface area contributed by atoms with Crippen LogP contribution in [0.1, 0.15) is 15.9 Å².